The number of nitriles is 1. The van der Waals surface area contributed by atoms with Crippen LogP contribution < -0.4 is 10.2 Å². The van der Waals surface area contributed by atoms with Crippen LogP contribution in [0.15, 0.2) is 18.2 Å². The van der Waals surface area contributed by atoms with E-state index in [1.165, 1.54) is 18.6 Å². The van der Waals surface area contributed by atoms with Crippen molar-refractivity contribution in [2.24, 2.45) is 5.92 Å². The van der Waals surface area contributed by atoms with Crippen molar-refractivity contribution < 1.29 is 4.39 Å². The van der Waals surface area contributed by atoms with Crippen molar-refractivity contribution in [1.82, 2.24) is 5.32 Å². The van der Waals surface area contributed by atoms with Crippen LogP contribution in [0, 0.1) is 23.1 Å². The van der Waals surface area contributed by atoms with Crippen LogP contribution in [0.3, 0.4) is 0 Å². The van der Waals surface area contributed by atoms with Gasteiger partial charge in [-0.15, -0.1) is 0 Å². The maximum absolute atomic E-state index is 13.2. The average Bonchev–Trinajstić information content (AvgIpc) is 2.45. The standard InChI is InChI=1S/C16H22FN3/c1-12(2)19-10-13-4-3-7-20(11-13)16-6-5-15(17)8-14(16)9-18/h5-6,8,12-13,19H,3-4,7,10-11H2,1-2H3. The number of hydrogen-bond donors (Lipinski definition) is 1. The quantitative estimate of drug-likeness (QED) is 0.918. The molecule has 0 aliphatic carbocycles. The summed E-state index contributed by atoms with van der Waals surface area (Å²) in [6, 6.07) is 7.08. The van der Waals surface area contributed by atoms with Gasteiger partial charge in [0, 0.05) is 19.1 Å². The van der Waals surface area contributed by atoms with Gasteiger partial charge >= 0.3 is 0 Å². The maximum Gasteiger partial charge on any atom is 0.124 e. The van der Waals surface area contributed by atoms with Crippen LogP contribution >= 0.6 is 0 Å². The molecule has 108 valence electrons. The van der Waals surface area contributed by atoms with Crippen molar-refractivity contribution >= 4 is 5.69 Å². The molecule has 1 aliphatic rings. The van der Waals surface area contributed by atoms with E-state index in [1.807, 2.05) is 0 Å². The van der Waals surface area contributed by atoms with E-state index in [9.17, 15) is 4.39 Å². The van der Waals surface area contributed by atoms with Gasteiger partial charge in [0.25, 0.3) is 0 Å². The molecule has 1 heterocycles. The molecule has 2 rings (SSSR count). The molecular weight excluding hydrogens is 253 g/mol. The predicted molar refractivity (Wildman–Crippen MR) is 79.2 cm³/mol. The van der Waals surface area contributed by atoms with Gasteiger partial charge in [-0.05, 0) is 43.5 Å². The van der Waals surface area contributed by atoms with Gasteiger partial charge in [-0.3, -0.25) is 0 Å². The second-order valence-electron chi connectivity index (χ2n) is 5.79. The van der Waals surface area contributed by atoms with Crippen LogP contribution in [0.4, 0.5) is 10.1 Å². The number of halogens is 1. The average molecular weight is 275 g/mol. The lowest BCUT2D eigenvalue weighted by Gasteiger charge is -2.35. The molecule has 0 radical (unpaired) electrons. The second-order valence-corrected chi connectivity index (χ2v) is 5.79. The van der Waals surface area contributed by atoms with Crippen molar-refractivity contribution in [2.45, 2.75) is 32.7 Å². The molecule has 1 aromatic rings. The smallest absolute Gasteiger partial charge is 0.124 e. The lowest BCUT2D eigenvalue weighted by atomic mass is 9.96. The summed E-state index contributed by atoms with van der Waals surface area (Å²) in [6.45, 7) is 7.17. The molecule has 1 aromatic carbocycles. The largest absolute Gasteiger partial charge is 0.370 e. The highest BCUT2D eigenvalue weighted by Gasteiger charge is 2.22. The molecular formula is C16H22FN3. The van der Waals surface area contributed by atoms with Gasteiger partial charge in [-0.25, -0.2) is 4.39 Å². The van der Waals surface area contributed by atoms with E-state index < -0.39 is 0 Å². The molecule has 0 amide bonds. The Balaban J connectivity index is 2.07. The molecule has 1 atom stereocenters. The first-order chi connectivity index (χ1) is 9.60. The van der Waals surface area contributed by atoms with E-state index in [4.69, 9.17) is 5.26 Å². The van der Waals surface area contributed by atoms with Crippen LogP contribution in [0.5, 0.6) is 0 Å². The molecule has 0 aromatic heterocycles. The van der Waals surface area contributed by atoms with E-state index in [-0.39, 0.29) is 5.82 Å². The summed E-state index contributed by atoms with van der Waals surface area (Å²) in [5.74, 6) is 0.239. The number of nitrogens with zero attached hydrogens (tertiary/aromatic N) is 2. The molecule has 20 heavy (non-hydrogen) atoms. The Kier molecular flexibility index (Phi) is 4.97. The Morgan fingerprint density at radius 3 is 3.00 bits per heavy atom. The van der Waals surface area contributed by atoms with Gasteiger partial charge < -0.3 is 10.2 Å². The second kappa shape index (κ2) is 6.71. The van der Waals surface area contributed by atoms with Gasteiger partial charge in [0.15, 0.2) is 0 Å². The zero-order valence-corrected chi connectivity index (χ0v) is 12.2. The predicted octanol–water partition coefficient (Wildman–Crippen LogP) is 2.91. The zero-order valence-electron chi connectivity index (χ0n) is 12.2. The third kappa shape index (κ3) is 3.71. The topological polar surface area (TPSA) is 39.1 Å². The number of rotatable bonds is 4. The molecule has 1 unspecified atom stereocenters. The van der Waals surface area contributed by atoms with Gasteiger partial charge in [-0.1, -0.05) is 13.8 Å². The summed E-state index contributed by atoms with van der Waals surface area (Å²) < 4.78 is 13.2. The minimum absolute atomic E-state index is 0.347. The number of nitrogens with one attached hydrogen (secondary N) is 1. The first-order valence-electron chi connectivity index (χ1n) is 7.28. The lowest BCUT2D eigenvalue weighted by Crippen LogP contribution is -2.41. The third-order valence-electron chi connectivity index (χ3n) is 3.75. The molecule has 0 spiro atoms. The van der Waals surface area contributed by atoms with Gasteiger partial charge in [0.05, 0.1) is 11.3 Å². The van der Waals surface area contributed by atoms with Crippen LogP contribution in [0.1, 0.15) is 32.3 Å². The Morgan fingerprint density at radius 2 is 2.30 bits per heavy atom. The molecule has 4 heteroatoms. The highest BCUT2D eigenvalue weighted by Crippen LogP contribution is 2.26. The summed E-state index contributed by atoms with van der Waals surface area (Å²) in [5.41, 5.74) is 1.30. The number of hydrogen-bond acceptors (Lipinski definition) is 3. The van der Waals surface area contributed by atoms with E-state index in [2.05, 4.69) is 30.1 Å². The minimum atomic E-state index is -0.347. The highest BCUT2D eigenvalue weighted by molar-refractivity contribution is 5.59. The summed E-state index contributed by atoms with van der Waals surface area (Å²) in [5, 5.41) is 12.6. The molecule has 1 fully saturated rings. The third-order valence-corrected chi connectivity index (χ3v) is 3.75. The van der Waals surface area contributed by atoms with Gasteiger partial charge in [0.1, 0.15) is 11.9 Å². The van der Waals surface area contributed by atoms with Crippen molar-refractivity contribution in [3.05, 3.63) is 29.6 Å². The molecule has 3 nitrogen and oxygen atoms in total. The highest BCUT2D eigenvalue weighted by atomic mass is 19.1. The van der Waals surface area contributed by atoms with Crippen LogP contribution in [0.2, 0.25) is 0 Å². The van der Waals surface area contributed by atoms with Crippen LogP contribution in [-0.2, 0) is 0 Å². The van der Waals surface area contributed by atoms with Crippen molar-refractivity contribution in [3.8, 4) is 6.07 Å². The van der Waals surface area contributed by atoms with Crippen molar-refractivity contribution in [1.29, 1.82) is 5.26 Å². The molecule has 0 bridgehead atoms. The van der Waals surface area contributed by atoms with Crippen molar-refractivity contribution in [3.63, 3.8) is 0 Å². The number of anilines is 1. The number of piperidine rings is 1. The fourth-order valence-corrected chi connectivity index (χ4v) is 2.73. The molecule has 1 aliphatic heterocycles. The Labute approximate surface area is 120 Å². The summed E-state index contributed by atoms with van der Waals surface area (Å²) >= 11 is 0. The Hall–Kier alpha value is -1.60. The first-order valence-corrected chi connectivity index (χ1v) is 7.28. The van der Waals surface area contributed by atoms with E-state index in [0.717, 1.165) is 31.7 Å². The Morgan fingerprint density at radius 1 is 1.50 bits per heavy atom. The lowest BCUT2D eigenvalue weighted by molar-refractivity contribution is 0.379. The van der Waals surface area contributed by atoms with E-state index in [0.29, 0.717) is 17.5 Å². The van der Waals surface area contributed by atoms with E-state index >= 15 is 0 Å². The fraction of sp³-hybridized carbons (Fsp3) is 0.562. The summed E-state index contributed by atoms with van der Waals surface area (Å²) in [4.78, 5) is 2.22. The monoisotopic (exact) mass is 275 g/mol. The zero-order chi connectivity index (χ0) is 14.5. The van der Waals surface area contributed by atoms with Gasteiger partial charge in [0.2, 0.25) is 0 Å². The molecule has 1 N–H and O–H groups in total. The summed E-state index contributed by atoms with van der Waals surface area (Å²) in [6.07, 6.45) is 2.33. The van der Waals surface area contributed by atoms with Crippen LogP contribution in [-0.4, -0.2) is 25.7 Å². The van der Waals surface area contributed by atoms with Crippen LogP contribution in [0.25, 0.3) is 0 Å². The van der Waals surface area contributed by atoms with Gasteiger partial charge in [-0.2, -0.15) is 5.26 Å². The summed E-state index contributed by atoms with van der Waals surface area (Å²) in [7, 11) is 0. The van der Waals surface area contributed by atoms with Crippen molar-refractivity contribution in [2.75, 3.05) is 24.5 Å². The SMILES string of the molecule is CC(C)NCC1CCCN(c2ccc(F)cc2C#N)C1. The minimum Gasteiger partial charge on any atom is -0.370 e. The maximum atomic E-state index is 13.2. The fourth-order valence-electron chi connectivity index (χ4n) is 2.73. The Bertz CT molecular complexity index is 493. The molecule has 0 saturated carbocycles. The molecule has 1 saturated heterocycles. The number of benzene rings is 1. The normalized spacial score (nSPS) is 19.1. The first kappa shape index (κ1) is 14.8. The van der Waals surface area contributed by atoms with E-state index in [1.54, 1.807) is 6.07 Å².